The van der Waals surface area contributed by atoms with Crippen LogP contribution in [0.1, 0.15) is 18.9 Å². The number of halogens is 1. The smallest absolute Gasteiger partial charge is 0.249 e. The van der Waals surface area contributed by atoms with Gasteiger partial charge in [0.1, 0.15) is 12.2 Å². The Hall–Kier alpha value is -2.67. The summed E-state index contributed by atoms with van der Waals surface area (Å²) in [6, 6.07) is 14.4. The fourth-order valence-corrected chi connectivity index (χ4v) is 2.47. The highest BCUT2D eigenvalue weighted by atomic mass is 79.9. The molecule has 0 unspecified atom stereocenters. The van der Waals surface area contributed by atoms with Crippen molar-refractivity contribution in [3.63, 3.8) is 0 Å². The number of nitrogens with zero attached hydrogens (tertiary/aromatic N) is 1. The van der Waals surface area contributed by atoms with Gasteiger partial charge in [-0.25, -0.2) is 5.43 Å². The number of benzene rings is 2. The first-order valence-electron chi connectivity index (χ1n) is 7.67. The van der Waals surface area contributed by atoms with Gasteiger partial charge < -0.3 is 10.1 Å². The van der Waals surface area contributed by atoms with Gasteiger partial charge in [0, 0.05) is 5.69 Å². The van der Waals surface area contributed by atoms with Gasteiger partial charge in [-0.3, -0.25) is 9.59 Å². The van der Waals surface area contributed by atoms with Crippen molar-refractivity contribution in [3.8, 4) is 5.75 Å². The maximum absolute atomic E-state index is 11.8. The summed E-state index contributed by atoms with van der Waals surface area (Å²) >= 11 is 3.41. The lowest BCUT2D eigenvalue weighted by molar-refractivity contribution is -0.126. The molecule has 2 N–H and O–H groups in total. The molecule has 0 bridgehead atoms. The summed E-state index contributed by atoms with van der Waals surface area (Å²) in [6.45, 7) is 2.48. The van der Waals surface area contributed by atoms with E-state index in [1.807, 2.05) is 31.2 Å². The minimum absolute atomic E-state index is 0.306. The van der Waals surface area contributed by atoms with Gasteiger partial charge in [0.2, 0.25) is 11.8 Å². The molecule has 2 aromatic carbocycles. The van der Waals surface area contributed by atoms with Crippen LogP contribution in [-0.4, -0.2) is 24.6 Å². The highest BCUT2D eigenvalue weighted by Gasteiger charge is 2.08. The summed E-state index contributed by atoms with van der Waals surface area (Å²) in [5, 5.41) is 6.49. The normalized spacial score (nSPS) is 10.5. The van der Waals surface area contributed by atoms with Crippen molar-refractivity contribution < 1.29 is 14.3 Å². The minimum atomic E-state index is -0.491. The summed E-state index contributed by atoms with van der Waals surface area (Å²) < 4.78 is 6.22. The maximum atomic E-state index is 11.8. The lowest BCUT2D eigenvalue weighted by Crippen LogP contribution is -2.24. The molecule has 2 rings (SSSR count). The molecule has 0 saturated carbocycles. The molecule has 0 spiro atoms. The summed E-state index contributed by atoms with van der Waals surface area (Å²) in [5.74, 6) is -0.154. The zero-order valence-corrected chi connectivity index (χ0v) is 15.2. The molecule has 0 aromatic heterocycles. The first-order chi connectivity index (χ1) is 12.1. The van der Waals surface area contributed by atoms with E-state index in [2.05, 4.69) is 31.8 Å². The average Bonchev–Trinajstić information content (AvgIpc) is 2.58. The number of hydrazone groups is 1. The van der Waals surface area contributed by atoms with Crippen molar-refractivity contribution in [1.82, 2.24) is 5.43 Å². The molecule has 0 atom stereocenters. The largest absolute Gasteiger partial charge is 0.493 e. The summed E-state index contributed by atoms with van der Waals surface area (Å²) in [6.07, 6.45) is 1.19. The van der Waals surface area contributed by atoms with E-state index >= 15 is 0 Å². The lowest BCUT2D eigenvalue weighted by atomic mass is 10.2. The molecular weight excluding hydrogens is 386 g/mol. The van der Waals surface area contributed by atoms with Crippen LogP contribution in [0.3, 0.4) is 0 Å². The number of carbonyl (C=O) groups is 2. The molecule has 0 saturated heterocycles. The van der Waals surface area contributed by atoms with Gasteiger partial charge in [0.15, 0.2) is 0 Å². The van der Waals surface area contributed by atoms with Crippen molar-refractivity contribution in [3.05, 3.63) is 58.6 Å². The Balaban J connectivity index is 1.82. The second-order valence-electron chi connectivity index (χ2n) is 5.01. The Morgan fingerprint density at radius 2 is 1.92 bits per heavy atom. The first kappa shape index (κ1) is 18.7. The highest BCUT2D eigenvalue weighted by molar-refractivity contribution is 9.10. The Kier molecular flexibility index (Phi) is 7.16. The number of carbonyl (C=O) groups excluding carboxylic acids is 2. The zero-order chi connectivity index (χ0) is 18.1. The van der Waals surface area contributed by atoms with E-state index in [0.29, 0.717) is 12.3 Å². The molecule has 2 amide bonds. The van der Waals surface area contributed by atoms with Gasteiger partial charge >= 0.3 is 0 Å². The van der Waals surface area contributed by atoms with Crippen molar-refractivity contribution in [2.24, 2.45) is 5.10 Å². The predicted octanol–water partition coefficient (Wildman–Crippen LogP) is 3.33. The standard InChI is InChI=1S/C18H18BrN3O3/c1-2-25-16-9-8-13(10-15(16)19)12-20-22-18(24)11-17(23)21-14-6-4-3-5-7-14/h3-10,12H,2,11H2,1H3,(H,21,23)(H,22,24). The summed E-state index contributed by atoms with van der Waals surface area (Å²) in [5.41, 5.74) is 3.75. The van der Waals surface area contributed by atoms with E-state index in [1.165, 1.54) is 6.21 Å². The zero-order valence-electron chi connectivity index (χ0n) is 13.7. The van der Waals surface area contributed by atoms with Crippen molar-refractivity contribution in [1.29, 1.82) is 0 Å². The molecule has 130 valence electrons. The number of hydrogen-bond acceptors (Lipinski definition) is 4. The summed E-state index contributed by atoms with van der Waals surface area (Å²) in [4.78, 5) is 23.5. The van der Waals surface area contributed by atoms with Gasteiger partial charge in [0.05, 0.1) is 17.3 Å². The van der Waals surface area contributed by atoms with E-state index in [1.54, 1.807) is 24.3 Å². The van der Waals surface area contributed by atoms with Crippen molar-refractivity contribution in [2.45, 2.75) is 13.3 Å². The lowest BCUT2D eigenvalue weighted by Gasteiger charge is -2.06. The molecule has 0 radical (unpaired) electrons. The quantitative estimate of drug-likeness (QED) is 0.422. The van der Waals surface area contributed by atoms with Gasteiger partial charge in [-0.1, -0.05) is 18.2 Å². The number of nitrogens with one attached hydrogen (secondary N) is 2. The Labute approximate surface area is 154 Å². The third kappa shape index (κ3) is 6.39. The molecular formula is C18H18BrN3O3. The molecule has 2 aromatic rings. The molecule has 0 fully saturated rings. The molecule has 25 heavy (non-hydrogen) atoms. The van der Waals surface area contributed by atoms with Gasteiger partial charge in [-0.05, 0) is 58.7 Å². The first-order valence-corrected chi connectivity index (χ1v) is 8.47. The number of amides is 2. The minimum Gasteiger partial charge on any atom is -0.493 e. The fourth-order valence-electron chi connectivity index (χ4n) is 1.96. The number of rotatable bonds is 7. The third-order valence-electron chi connectivity index (χ3n) is 3.04. The fraction of sp³-hybridized carbons (Fsp3) is 0.167. The van der Waals surface area contributed by atoms with E-state index < -0.39 is 11.8 Å². The topological polar surface area (TPSA) is 79.8 Å². The Bertz CT molecular complexity index is 763. The van der Waals surface area contributed by atoms with Gasteiger partial charge in [-0.2, -0.15) is 5.10 Å². The highest BCUT2D eigenvalue weighted by Crippen LogP contribution is 2.25. The van der Waals surface area contributed by atoms with Crippen LogP contribution >= 0.6 is 15.9 Å². The van der Waals surface area contributed by atoms with Crippen LogP contribution in [0.5, 0.6) is 5.75 Å². The van der Waals surface area contributed by atoms with Gasteiger partial charge in [0.25, 0.3) is 0 Å². The van der Waals surface area contributed by atoms with E-state index in [9.17, 15) is 9.59 Å². The molecule has 0 aliphatic heterocycles. The number of anilines is 1. The third-order valence-corrected chi connectivity index (χ3v) is 3.66. The van der Waals surface area contributed by atoms with Crippen LogP contribution in [0.25, 0.3) is 0 Å². The predicted molar refractivity (Wildman–Crippen MR) is 101 cm³/mol. The Morgan fingerprint density at radius 3 is 2.60 bits per heavy atom. The SMILES string of the molecule is CCOc1ccc(C=NNC(=O)CC(=O)Nc2ccccc2)cc1Br. The second-order valence-corrected chi connectivity index (χ2v) is 5.86. The van der Waals surface area contributed by atoms with Crippen molar-refractivity contribution in [2.75, 3.05) is 11.9 Å². The van der Waals surface area contributed by atoms with Crippen LogP contribution in [-0.2, 0) is 9.59 Å². The number of hydrogen-bond donors (Lipinski definition) is 2. The van der Waals surface area contributed by atoms with E-state index in [0.717, 1.165) is 15.8 Å². The molecule has 0 aliphatic rings. The van der Waals surface area contributed by atoms with Crippen LogP contribution in [0.15, 0.2) is 58.1 Å². The molecule has 0 heterocycles. The van der Waals surface area contributed by atoms with Crippen LogP contribution in [0.4, 0.5) is 5.69 Å². The van der Waals surface area contributed by atoms with Crippen LogP contribution in [0.2, 0.25) is 0 Å². The number of ether oxygens (including phenoxy) is 1. The van der Waals surface area contributed by atoms with Gasteiger partial charge in [-0.15, -0.1) is 0 Å². The van der Waals surface area contributed by atoms with Crippen LogP contribution < -0.4 is 15.5 Å². The average molecular weight is 404 g/mol. The Morgan fingerprint density at radius 1 is 1.16 bits per heavy atom. The number of para-hydroxylation sites is 1. The molecule has 6 nitrogen and oxygen atoms in total. The maximum Gasteiger partial charge on any atom is 0.249 e. The van der Waals surface area contributed by atoms with Crippen molar-refractivity contribution >= 4 is 39.6 Å². The summed E-state index contributed by atoms with van der Waals surface area (Å²) in [7, 11) is 0. The second kappa shape index (κ2) is 9.58. The molecule has 0 aliphatic carbocycles. The molecule has 7 heteroatoms. The van der Waals surface area contributed by atoms with E-state index in [-0.39, 0.29) is 6.42 Å². The monoisotopic (exact) mass is 403 g/mol. The van der Waals surface area contributed by atoms with E-state index in [4.69, 9.17) is 4.74 Å². The van der Waals surface area contributed by atoms with Crippen LogP contribution in [0, 0.1) is 0 Å².